The van der Waals surface area contributed by atoms with Crippen LogP contribution in [-0.4, -0.2) is 10.9 Å². The fourth-order valence-electron chi connectivity index (χ4n) is 1.38. The van der Waals surface area contributed by atoms with E-state index in [-0.39, 0.29) is 21.4 Å². The molecule has 0 saturated heterocycles. The van der Waals surface area contributed by atoms with Crippen molar-refractivity contribution in [1.82, 2.24) is 4.98 Å². The van der Waals surface area contributed by atoms with Gasteiger partial charge in [0.15, 0.2) is 11.0 Å². The van der Waals surface area contributed by atoms with Gasteiger partial charge in [0.2, 0.25) is 0 Å². The second-order valence-corrected chi connectivity index (χ2v) is 5.23. The van der Waals surface area contributed by atoms with Gasteiger partial charge in [-0.3, -0.25) is 4.79 Å². The first-order valence-electron chi connectivity index (χ1n) is 5.05. The number of carbonyl (C=O) groups excluding carboxylic acids is 1. The number of hydrogen-bond acceptors (Lipinski definition) is 2. The summed E-state index contributed by atoms with van der Waals surface area (Å²) < 4.78 is 14.3. The lowest BCUT2D eigenvalue weighted by molar-refractivity contribution is 0.102. The van der Waals surface area contributed by atoms with Gasteiger partial charge in [0.1, 0.15) is 0 Å². The van der Waals surface area contributed by atoms with Crippen LogP contribution in [0.5, 0.6) is 0 Å². The summed E-state index contributed by atoms with van der Waals surface area (Å²) in [6, 6.07) is 5.74. The maximum absolute atomic E-state index is 13.7. The molecule has 0 saturated carbocycles. The molecule has 19 heavy (non-hydrogen) atoms. The highest BCUT2D eigenvalue weighted by atomic mass is 79.9. The Bertz CT molecular complexity index is 652. The second kappa shape index (κ2) is 5.86. The molecule has 0 aliphatic rings. The summed E-state index contributed by atoms with van der Waals surface area (Å²) >= 11 is 14.6. The van der Waals surface area contributed by atoms with Gasteiger partial charge in [-0.1, -0.05) is 29.3 Å². The number of nitrogens with zero attached hydrogens (tertiary/aromatic N) is 1. The van der Waals surface area contributed by atoms with Crippen molar-refractivity contribution >= 4 is 50.7 Å². The lowest BCUT2D eigenvalue weighted by Gasteiger charge is -2.08. The number of rotatable bonds is 2. The van der Waals surface area contributed by atoms with E-state index in [0.717, 1.165) is 0 Å². The van der Waals surface area contributed by atoms with Gasteiger partial charge in [0, 0.05) is 10.7 Å². The smallest absolute Gasteiger partial charge is 0.258 e. The maximum atomic E-state index is 13.7. The average Bonchev–Trinajstić information content (AvgIpc) is 2.37. The molecule has 98 valence electrons. The minimum Gasteiger partial charge on any atom is -0.319 e. The van der Waals surface area contributed by atoms with Gasteiger partial charge in [0.25, 0.3) is 5.91 Å². The molecule has 0 radical (unpaired) electrons. The normalized spacial score (nSPS) is 10.3. The highest BCUT2D eigenvalue weighted by Gasteiger charge is 2.15. The van der Waals surface area contributed by atoms with Crippen LogP contribution in [0, 0.1) is 5.82 Å². The predicted molar refractivity (Wildman–Crippen MR) is 76.3 cm³/mol. The third kappa shape index (κ3) is 3.23. The van der Waals surface area contributed by atoms with Gasteiger partial charge in [0.05, 0.1) is 16.3 Å². The summed E-state index contributed by atoms with van der Waals surface area (Å²) in [5.41, 5.74) is 0.115. The molecular formula is C12H6BrCl2FN2O. The summed E-state index contributed by atoms with van der Waals surface area (Å²) in [6.45, 7) is 0. The van der Waals surface area contributed by atoms with Gasteiger partial charge in [-0.2, -0.15) is 0 Å². The van der Waals surface area contributed by atoms with E-state index < -0.39 is 11.7 Å². The molecule has 0 fully saturated rings. The third-order valence-corrected chi connectivity index (χ3v) is 3.28. The molecule has 0 unspecified atom stereocenters. The topological polar surface area (TPSA) is 42.0 Å². The van der Waals surface area contributed by atoms with Crippen LogP contribution in [-0.2, 0) is 0 Å². The van der Waals surface area contributed by atoms with Gasteiger partial charge in [-0.05, 0) is 34.1 Å². The maximum Gasteiger partial charge on any atom is 0.258 e. The summed E-state index contributed by atoms with van der Waals surface area (Å²) in [5, 5.41) is 2.46. The monoisotopic (exact) mass is 362 g/mol. The number of benzene rings is 1. The molecule has 1 heterocycles. The second-order valence-electron chi connectivity index (χ2n) is 3.55. The van der Waals surface area contributed by atoms with Crippen molar-refractivity contribution in [3.8, 4) is 0 Å². The fraction of sp³-hybridized carbons (Fsp3) is 0. The number of aromatic nitrogens is 1. The SMILES string of the molecule is O=C(Nc1cc(Br)cnc1Cl)c1cccc(Cl)c1F. The Labute approximate surface area is 126 Å². The highest BCUT2D eigenvalue weighted by molar-refractivity contribution is 9.10. The van der Waals surface area contributed by atoms with Crippen molar-refractivity contribution < 1.29 is 9.18 Å². The third-order valence-electron chi connectivity index (χ3n) is 2.25. The molecule has 0 spiro atoms. The molecule has 1 aromatic heterocycles. The molecule has 1 aromatic carbocycles. The molecule has 1 amide bonds. The largest absolute Gasteiger partial charge is 0.319 e. The standard InChI is InChI=1S/C12H6BrCl2FN2O/c13-6-4-9(11(15)17-5-6)18-12(19)7-2-1-3-8(14)10(7)16/h1-5H,(H,18,19). The van der Waals surface area contributed by atoms with Crippen molar-refractivity contribution in [1.29, 1.82) is 0 Å². The summed E-state index contributed by atoms with van der Waals surface area (Å²) in [7, 11) is 0. The summed E-state index contributed by atoms with van der Waals surface area (Å²) in [5.74, 6) is -1.43. The Hall–Kier alpha value is -1.17. The molecule has 0 bridgehead atoms. The van der Waals surface area contributed by atoms with Crippen molar-refractivity contribution in [2.24, 2.45) is 0 Å². The first kappa shape index (κ1) is 14.2. The van der Waals surface area contributed by atoms with E-state index >= 15 is 0 Å². The van der Waals surface area contributed by atoms with Crippen LogP contribution in [0.2, 0.25) is 10.2 Å². The van der Waals surface area contributed by atoms with Crippen LogP contribution in [0.1, 0.15) is 10.4 Å². The Kier molecular flexibility index (Phi) is 4.39. The van der Waals surface area contributed by atoms with Crippen molar-refractivity contribution in [3.05, 3.63) is 56.5 Å². The van der Waals surface area contributed by atoms with Gasteiger partial charge < -0.3 is 5.32 Å². The zero-order valence-electron chi connectivity index (χ0n) is 9.25. The van der Waals surface area contributed by atoms with Crippen molar-refractivity contribution in [2.45, 2.75) is 0 Å². The number of hydrogen-bond donors (Lipinski definition) is 1. The Morgan fingerprint density at radius 3 is 2.84 bits per heavy atom. The van der Waals surface area contributed by atoms with E-state index in [1.165, 1.54) is 24.4 Å². The van der Waals surface area contributed by atoms with Crippen LogP contribution in [0.15, 0.2) is 34.9 Å². The number of anilines is 1. The molecule has 0 aliphatic heterocycles. The molecule has 0 atom stereocenters. The minimum atomic E-state index is -0.777. The zero-order valence-corrected chi connectivity index (χ0v) is 12.4. The number of halogens is 4. The van der Waals surface area contributed by atoms with Crippen LogP contribution < -0.4 is 5.32 Å². The number of pyridine rings is 1. The van der Waals surface area contributed by atoms with E-state index in [1.807, 2.05) is 0 Å². The molecule has 2 rings (SSSR count). The fourth-order valence-corrected chi connectivity index (χ4v) is 2.04. The lowest BCUT2D eigenvalue weighted by Crippen LogP contribution is -2.14. The quantitative estimate of drug-likeness (QED) is 0.795. The first-order valence-corrected chi connectivity index (χ1v) is 6.60. The molecule has 0 aliphatic carbocycles. The van der Waals surface area contributed by atoms with Crippen LogP contribution in [0.4, 0.5) is 10.1 Å². The Balaban J connectivity index is 2.31. The lowest BCUT2D eigenvalue weighted by atomic mass is 10.2. The van der Waals surface area contributed by atoms with Crippen LogP contribution in [0.3, 0.4) is 0 Å². The van der Waals surface area contributed by atoms with Gasteiger partial charge in [-0.15, -0.1) is 0 Å². The van der Waals surface area contributed by atoms with E-state index in [2.05, 4.69) is 26.2 Å². The molecule has 2 aromatic rings. The van der Waals surface area contributed by atoms with Crippen molar-refractivity contribution in [2.75, 3.05) is 5.32 Å². The number of carbonyl (C=O) groups is 1. The van der Waals surface area contributed by atoms with Crippen molar-refractivity contribution in [3.63, 3.8) is 0 Å². The first-order chi connectivity index (χ1) is 8.99. The van der Waals surface area contributed by atoms with E-state index in [9.17, 15) is 9.18 Å². The van der Waals surface area contributed by atoms with Crippen LogP contribution in [0.25, 0.3) is 0 Å². The van der Waals surface area contributed by atoms with E-state index in [0.29, 0.717) is 4.47 Å². The minimum absolute atomic E-state index is 0.110. The van der Waals surface area contributed by atoms with Crippen LogP contribution >= 0.6 is 39.1 Å². The number of amides is 1. The van der Waals surface area contributed by atoms with Gasteiger partial charge >= 0.3 is 0 Å². The predicted octanol–water partition coefficient (Wildman–Crippen LogP) is 4.54. The summed E-state index contributed by atoms with van der Waals surface area (Å²) in [6.07, 6.45) is 1.48. The zero-order chi connectivity index (χ0) is 14.0. The molecule has 7 heteroatoms. The average molecular weight is 364 g/mol. The Morgan fingerprint density at radius 1 is 1.37 bits per heavy atom. The molecular weight excluding hydrogens is 358 g/mol. The Morgan fingerprint density at radius 2 is 2.11 bits per heavy atom. The summed E-state index contributed by atoms with van der Waals surface area (Å²) in [4.78, 5) is 15.8. The van der Waals surface area contributed by atoms with E-state index in [4.69, 9.17) is 23.2 Å². The van der Waals surface area contributed by atoms with E-state index in [1.54, 1.807) is 6.07 Å². The molecule has 1 N–H and O–H groups in total. The van der Waals surface area contributed by atoms with Gasteiger partial charge in [-0.25, -0.2) is 9.37 Å². The number of nitrogens with one attached hydrogen (secondary N) is 1. The molecule has 3 nitrogen and oxygen atoms in total. The highest BCUT2D eigenvalue weighted by Crippen LogP contribution is 2.24.